The summed E-state index contributed by atoms with van der Waals surface area (Å²) in [7, 11) is 2.15. The van der Waals surface area contributed by atoms with Gasteiger partial charge in [-0.15, -0.1) is 0 Å². The molecular formula is C14H18N4O. The largest absolute Gasteiger partial charge is 0.369 e. The van der Waals surface area contributed by atoms with Gasteiger partial charge in [-0.3, -0.25) is 0 Å². The summed E-state index contributed by atoms with van der Waals surface area (Å²) in [6, 6.07) is 6.11. The average Bonchev–Trinajstić information content (AvgIpc) is 2.39. The number of aromatic nitrogens is 2. The third-order valence-electron chi connectivity index (χ3n) is 3.77. The molecule has 1 aliphatic rings. The number of hydrogen-bond donors (Lipinski definition) is 1. The molecule has 2 aromatic rings. The van der Waals surface area contributed by atoms with Crippen molar-refractivity contribution in [2.45, 2.75) is 6.92 Å². The molecule has 0 atom stereocenters. The number of piperazine rings is 1. The van der Waals surface area contributed by atoms with E-state index < -0.39 is 0 Å². The van der Waals surface area contributed by atoms with E-state index in [4.69, 9.17) is 0 Å². The molecule has 1 fully saturated rings. The molecule has 0 saturated carbocycles. The second-order valence-corrected chi connectivity index (χ2v) is 5.16. The zero-order valence-electron chi connectivity index (χ0n) is 11.3. The molecule has 0 amide bonds. The highest BCUT2D eigenvalue weighted by Gasteiger charge is 2.15. The minimum Gasteiger partial charge on any atom is -0.369 e. The Balaban J connectivity index is 2.00. The number of likely N-dealkylation sites (N-methyl/N-ethyl adjacent to an activating group) is 1. The van der Waals surface area contributed by atoms with Crippen LogP contribution < -0.4 is 10.6 Å². The maximum atomic E-state index is 11.3. The van der Waals surface area contributed by atoms with Crippen molar-refractivity contribution in [3.8, 4) is 0 Å². The molecule has 0 bridgehead atoms. The lowest BCUT2D eigenvalue weighted by Gasteiger charge is -2.34. The molecule has 3 rings (SSSR count). The van der Waals surface area contributed by atoms with Crippen molar-refractivity contribution in [3.05, 3.63) is 34.4 Å². The minimum atomic E-state index is -0.280. The van der Waals surface area contributed by atoms with Crippen LogP contribution in [0.2, 0.25) is 0 Å². The topological polar surface area (TPSA) is 52.2 Å². The van der Waals surface area contributed by atoms with Crippen molar-refractivity contribution in [2.75, 3.05) is 38.1 Å². The number of aryl methyl sites for hydroxylation is 1. The zero-order chi connectivity index (χ0) is 13.4. The van der Waals surface area contributed by atoms with Gasteiger partial charge in [-0.2, -0.15) is 4.98 Å². The minimum absolute atomic E-state index is 0.280. The number of rotatable bonds is 1. The van der Waals surface area contributed by atoms with Crippen molar-refractivity contribution in [1.29, 1.82) is 0 Å². The normalized spacial score (nSPS) is 17.1. The number of nitrogens with one attached hydrogen (secondary N) is 1. The van der Waals surface area contributed by atoms with E-state index in [9.17, 15) is 4.79 Å². The van der Waals surface area contributed by atoms with Gasteiger partial charge in [0.1, 0.15) is 0 Å². The molecule has 19 heavy (non-hydrogen) atoms. The van der Waals surface area contributed by atoms with Gasteiger partial charge in [0, 0.05) is 42.9 Å². The first kappa shape index (κ1) is 12.2. The molecule has 0 spiro atoms. The first-order valence-electron chi connectivity index (χ1n) is 6.58. The molecule has 1 saturated heterocycles. The lowest BCUT2D eigenvalue weighted by molar-refractivity contribution is 0.313. The second kappa shape index (κ2) is 4.66. The molecule has 5 heteroatoms. The summed E-state index contributed by atoms with van der Waals surface area (Å²) in [6.45, 7) is 6.16. The van der Waals surface area contributed by atoms with Crippen molar-refractivity contribution in [1.82, 2.24) is 14.9 Å². The number of aromatic amines is 1. The maximum Gasteiger partial charge on any atom is 0.345 e. The van der Waals surface area contributed by atoms with E-state index in [2.05, 4.69) is 38.9 Å². The van der Waals surface area contributed by atoms with Crippen molar-refractivity contribution in [2.24, 2.45) is 0 Å². The summed E-state index contributed by atoms with van der Waals surface area (Å²) in [5.41, 5.74) is 2.57. The smallest absolute Gasteiger partial charge is 0.345 e. The van der Waals surface area contributed by atoms with Gasteiger partial charge in [0.15, 0.2) is 0 Å². The summed E-state index contributed by atoms with van der Waals surface area (Å²) < 4.78 is 0. The first-order chi connectivity index (χ1) is 9.13. The molecule has 1 aliphatic heterocycles. The van der Waals surface area contributed by atoms with E-state index in [1.54, 1.807) is 0 Å². The lowest BCUT2D eigenvalue weighted by Crippen LogP contribution is -2.44. The van der Waals surface area contributed by atoms with Crippen LogP contribution in [-0.2, 0) is 0 Å². The Labute approximate surface area is 111 Å². The van der Waals surface area contributed by atoms with E-state index in [1.807, 2.05) is 13.0 Å². The lowest BCUT2D eigenvalue weighted by atomic mass is 10.1. The molecule has 1 aromatic carbocycles. The average molecular weight is 258 g/mol. The van der Waals surface area contributed by atoms with Crippen molar-refractivity contribution < 1.29 is 0 Å². The SMILES string of the molecule is Cc1[nH]c(=O)nc2ccc(N3CCN(C)CC3)cc12. The Morgan fingerprint density at radius 2 is 1.95 bits per heavy atom. The van der Waals surface area contributed by atoms with E-state index >= 15 is 0 Å². The van der Waals surface area contributed by atoms with Crippen LogP contribution in [0.4, 0.5) is 5.69 Å². The van der Waals surface area contributed by atoms with Gasteiger partial charge in [0.2, 0.25) is 0 Å². The van der Waals surface area contributed by atoms with Crippen LogP contribution in [0.5, 0.6) is 0 Å². The predicted molar refractivity (Wildman–Crippen MR) is 76.8 cm³/mol. The van der Waals surface area contributed by atoms with Gasteiger partial charge in [0.25, 0.3) is 0 Å². The van der Waals surface area contributed by atoms with Crippen molar-refractivity contribution in [3.63, 3.8) is 0 Å². The predicted octanol–water partition coefficient (Wildman–Crippen LogP) is 0.983. The van der Waals surface area contributed by atoms with Gasteiger partial charge in [-0.25, -0.2) is 4.79 Å². The highest BCUT2D eigenvalue weighted by molar-refractivity contribution is 5.84. The maximum absolute atomic E-state index is 11.3. The van der Waals surface area contributed by atoms with Crippen molar-refractivity contribution >= 4 is 16.6 Å². The quantitative estimate of drug-likeness (QED) is 0.828. The summed E-state index contributed by atoms with van der Waals surface area (Å²) in [4.78, 5) is 22.8. The van der Waals surface area contributed by atoms with Crippen LogP contribution in [0.1, 0.15) is 5.69 Å². The number of hydrogen-bond acceptors (Lipinski definition) is 4. The number of nitrogens with zero attached hydrogens (tertiary/aromatic N) is 3. The van der Waals surface area contributed by atoms with Crippen LogP contribution in [0.15, 0.2) is 23.0 Å². The molecule has 2 heterocycles. The Morgan fingerprint density at radius 1 is 1.21 bits per heavy atom. The fourth-order valence-corrected chi connectivity index (χ4v) is 2.55. The van der Waals surface area contributed by atoms with E-state index in [1.165, 1.54) is 5.69 Å². The third kappa shape index (κ3) is 2.33. The fourth-order valence-electron chi connectivity index (χ4n) is 2.55. The third-order valence-corrected chi connectivity index (χ3v) is 3.77. The molecule has 1 N–H and O–H groups in total. The van der Waals surface area contributed by atoms with E-state index in [0.717, 1.165) is 42.8 Å². The van der Waals surface area contributed by atoms with Crippen LogP contribution in [0.25, 0.3) is 10.9 Å². The fraction of sp³-hybridized carbons (Fsp3) is 0.429. The molecule has 5 nitrogen and oxygen atoms in total. The highest BCUT2D eigenvalue weighted by atomic mass is 16.1. The molecule has 0 aliphatic carbocycles. The Morgan fingerprint density at radius 3 is 2.68 bits per heavy atom. The summed E-state index contributed by atoms with van der Waals surface area (Å²) in [5, 5.41) is 1.02. The van der Waals surface area contributed by atoms with E-state index in [0.29, 0.717) is 0 Å². The highest BCUT2D eigenvalue weighted by Crippen LogP contribution is 2.22. The molecule has 0 unspecified atom stereocenters. The Kier molecular flexibility index (Phi) is 2.98. The summed E-state index contributed by atoms with van der Waals surface area (Å²) in [5.74, 6) is 0. The van der Waals surface area contributed by atoms with Crippen LogP contribution >= 0.6 is 0 Å². The first-order valence-corrected chi connectivity index (χ1v) is 6.58. The number of fused-ring (bicyclic) bond motifs is 1. The van der Waals surface area contributed by atoms with E-state index in [-0.39, 0.29) is 5.69 Å². The molecule has 0 radical (unpaired) electrons. The molecule has 100 valence electrons. The van der Waals surface area contributed by atoms with Crippen LogP contribution in [0, 0.1) is 6.92 Å². The van der Waals surface area contributed by atoms with Gasteiger partial charge in [-0.05, 0) is 32.2 Å². The summed E-state index contributed by atoms with van der Waals surface area (Å²) >= 11 is 0. The standard InChI is InChI=1S/C14H18N4O/c1-10-12-9-11(18-7-5-17(2)6-8-18)3-4-13(12)16-14(19)15-10/h3-4,9H,5-8H2,1-2H3,(H,15,16,19). The Bertz CT molecular complexity index is 656. The monoisotopic (exact) mass is 258 g/mol. The van der Waals surface area contributed by atoms with Gasteiger partial charge in [-0.1, -0.05) is 0 Å². The van der Waals surface area contributed by atoms with Crippen LogP contribution in [-0.4, -0.2) is 48.1 Å². The van der Waals surface area contributed by atoms with Crippen LogP contribution in [0.3, 0.4) is 0 Å². The molecular weight excluding hydrogens is 240 g/mol. The number of H-pyrrole nitrogens is 1. The van der Waals surface area contributed by atoms with Gasteiger partial charge < -0.3 is 14.8 Å². The number of anilines is 1. The Hall–Kier alpha value is -1.88. The zero-order valence-corrected chi connectivity index (χ0v) is 11.3. The van der Waals surface area contributed by atoms with Gasteiger partial charge >= 0.3 is 5.69 Å². The molecule has 1 aromatic heterocycles. The number of benzene rings is 1. The summed E-state index contributed by atoms with van der Waals surface area (Å²) in [6.07, 6.45) is 0. The van der Waals surface area contributed by atoms with Gasteiger partial charge in [0.05, 0.1) is 5.52 Å². The second-order valence-electron chi connectivity index (χ2n) is 5.16.